The fourth-order valence-electron chi connectivity index (χ4n) is 1.49. The van der Waals surface area contributed by atoms with Gasteiger partial charge in [0.2, 0.25) is 0 Å². The summed E-state index contributed by atoms with van der Waals surface area (Å²) in [4.78, 5) is 26.1. The summed E-state index contributed by atoms with van der Waals surface area (Å²) in [5.41, 5.74) is 13.5. The Morgan fingerprint density at radius 1 is 1.71 bits per heavy atom. The summed E-state index contributed by atoms with van der Waals surface area (Å²) in [5, 5.41) is 14.5. The fourth-order valence-corrected chi connectivity index (χ4v) is 1.49. The van der Waals surface area contributed by atoms with Gasteiger partial charge in [0.25, 0.3) is 0 Å². The van der Waals surface area contributed by atoms with E-state index in [1.165, 1.54) is 4.90 Å². The van der Waals surface area contributed by atoms with Crippen LogP contribution >= 0.6 is 0 Å². The molecule has 0 aromatic carbocycles. The van der Waals surface area contributed by atoms with Crippen molar-refractivity contribution >= 4 is 12.0 Å². The Labute approximate surface area is 97.2 Å². The quantitative estimate of drug-likeness (QED) is 0.346. The van der Waals surface area contributed by atoms with E-state index in [0.29, 0.717) is 19.5 Å². The molecule has 0 saturated carbocycles. The van der Waals surface area contributed by atoms with Gasteiger partial charge in [0.15, 0.2) is 0 Å². The lowest BCUT2D eigenvalue weighted by Crippen LogP contribution is -2.46. The Kier molecular flexibility index (Phi) is 4.56. The Hall–Kier alpha value is -1.99. The summed E-state index contributed by atoms with van der Waals surface area (Å²) in [6.07, 6.45) is 0.614. The lowest BCUT2D eigenvalue weighted by Gasteiger charge is -2.17. The molecule has 0 aliphatic carbocycles. The van der Waals surface area contributed by atoms with Gasteiger partial charge in [0.05, 0.1) is 6.04 Å². The van der Waals surface area contributed by atoms with Crippen LogP contribution in [-0.2, 0) is 4.79 Å². The molecular formula is C8H14N6O3. The third kappa shape index (κ3) is 3.82. The van der Waals surface area contributed by atoms with E-state index in [4.69, 9.17) is 16.4 Å². The zero-order valence-corrected chi connectivity index (χ0v) is 9.11. The number of nitrogens with zero attached hydrogens (tertiary/aromatic N) is 4. The SMILES string of the molecule is [N-]=[N+]=NC1CCN(C(=O)NC[C@H](N)C(=O)O)C1. The summed E-state index contributed by atoms with van der Waals surface area (Å²) in [6.45, 7) is 0.701. The van der Waals surface area contributed by atoms with Crippen molar-refractivity contribution < 1.29 is 14.7 Å². The highest BCUT2D eigenvalue weighted by Gasteiger charge is 2.25. The number of amides is 2. The van der Waals surface area contributed by atoms with Crippen molar-refractivity contribution in [2.45, 2.75) is 18.5 Å². The van der Waals surface area contributed by atoms with E-state index in [0.717, 1.165) is 0 Å². The Balaban J connectivity index is 2.34. The van der Waals surface area contributed by atoms with Crippen LogP contribution in [0.3, 0.4) is 0 Å². The molecule has 0 radical (unpaired) electrons. The van der Waals surface area contributed by atoms with Gasteiger partial charge < -0.3 is 21.1 Å². The molecule has 1 aliphatic rings. The van der Waals surface area contributed by atoms with E-state index in [1.54, 1.807) is 0 Å². The van der Waals surface area contributed by atoms with E-state index in [2.05, 4.69) is 15.3 Å². The maximum absolute atomic E-state index is 11.6. The number of nitrogens with one attached hydrogen (secondary N) is 1. The van der Waals surface area contributed by atoms with Gasteiger partial charge in [-0.05, 0) is 12.0 Å². The second-order valence-electron chi connectivity index (χ2n) is 3.72. The Bertz CT molecular complexity index is 353. The first-order chi connectivity index (χ1) is 8.04. The normalized spacial score (nSPS) is 20.5. The molecule has 1 unspecified atom stereocenters. The third-order valence-corrected chi connectivity index (χ3v) is 2.46. The number of hydrogen-bond acceptors (Lipinski definition) is 4. The third-order valence-electron chi connectivity index (χ3n) is 2.46. The maximum atomic E-state index is 11.6. The molecule has 4 N–H and O–H groups in total. The molecule has 0 aromatic heterocycles. The highest BCUT2D eigenvalue weighted by atomic mass is 16.4. The van der Waals surface area contributed by atoms with Crippen molar-refractivity contribution in [2.75, 3.05) is 19.6 Å². The second kappa shape index (κ2) is 5.92. The summed E-state index contributed by atoms with van der Waals surface area (Å²) < 4.78 is 0. The molecule has 1 heterocycles. The molecule has 0 spiro atoms. The van der Waals surface area contributed by atoms with E-state index in [-0.39, 0.29) is 12.6 Å². The highest BCUT2D eigenvalue weighted by molar-refractivity contribution is 5.77. The summed E-state index contributed by atoms with van der Waals surface area (Å²) >= 11 is 0. The van der Waals surface area contributed by atoms with Gasteiger partial charge in [0, 0.05) is 24.5 Å². The van der Waals surface area contributed by atoms with Gasteiger partial charge in [-0.2, -0.15) is 0 Å². The summed E-state index contributed by atoms with van der Waals surface area (Å²) in [7, 11) is 0. The predicted molar refractivity (Wildman–Crippen MR) is 58.1 cm³/mol. The zero-order chi connectivity index (χ0) is 12.8. The van der Waals surface area contributed by atoms with Crippen molar-refractivity contribution in [1.29, 1.82) is 0 Å². The molecule has 1 fully saturated rings. The minimum atomic E-state index is -1.17. The van der Waals surface area contributed by atoms with Gasteiger partial charge >= 0.3 is 12.0 Å². The minimum Gasteiger partial charge on any atom is -0.480 e. The van der Waals surface area contributed by atoms with Gasteiger partial charge in [-0.1, -0.05) is 5.11 Å². The number of nitrogens with two attached hydrogens (primary N) is 1. The summed E-state index contributed by atoms with van der Waals surface area (Å²) in [5.74, 6) is -1.17. The molecule has 2 atom stereocenters. The van der Waals surface area contributed by atoms with Crippen molar-refractivity contribution in [3.05, 3.63) is 10.4 Å². The smallest absolute Gasteiger partial charge is 0.322 e. The van der Waals surface area contributed by atoms with Crippen LogP contribution in [0.1, 0.15) is 6.42 Å². The van der Waals surface area contributed by atoms with Crippen LogP contribution in [-0.4, -0.2) is 53.7 Å². The molecule has 17 heavy (non-hydrogen) atoms. The number of carbonyl (C=O) groups excluding carboxylic acids is 1. The molecule has 9 heteroatoms. The van der Waals surface area contributed by atoms with Crippen LogP contribution in [0.4, 0.5) is 4.79 Å². The van der Waals surface area contributed by atoms with Crippen molar-refractivity contribution in [3.63, 3.8) is 0 Å². The maximum Gasteiger partial charge on any atom is 0.322 e. The van der Waals surface area contributed by atoms with Crippen LogP contribution in [0.2, 0.25) is 0 Å². The van der Waals surface area contributed by atoms with Crippen LogP contribution in [0.5, 0.6) is 0 Å². The van der Waals surface area contributed by atoms with Crippen LogP contribution < -0.4 is 11.1 Å². The Morgan fingerprint density at radius 2 is 2.41 bits per heavy atom. The lowest BCUT2D eigenvalue weighted by molar-refractivity contribution is -0.138. The molecule has 0 aromatic rings. The number of azide groups is 1. The van der Waals surface area contributed by atoms with Crippen LogP contribution in [0.25, 0.3) is 10.4 Å². The Morgan fingerprint density at radius 3 is 3.00 bits per heavy atom. The minimum absolute atomic E-state index is 0.128. The number of likely N-dealkylation sites (tertiary alicyclic amines) is 1. The van der Waals surface area contributed by atoms with E-state index in [9.17, 15) is 9.59 Å². The molecular weight excluding hydrogens is 228 g/mol. The highest BCUT2D eigenvalue weighted by Crippen LogP contribution is 2.12. The van der Waals surface area contributed by atoms with Gasteiger partial charge in [-0.3, -0.25) is 4.79 Å². The predicted octanol–water partition coefficient (Wildman–Crippen LogP) is -0.507. The number of hydrogen-bond donors (Lipinski definition) is 3. The lowest BCUT2D eigenvalue weighted by atomic mass is 10.3. The molecule has 94 valence electrons. The number of aliphatic carboxylic acids is 1. The zero-order valence-electron chi connectivity index (χ0n) is 9.11. The molecule has 1 aliphatic heterocycles. The van der Waals surface area contributed by atoms with Gasteiger partial charge in [0.1, 0.15) is 6.04 Å². The largest absolute Gasteiger partial charge is 0.480 e. The first-order valence-corrected chi connectivity index (χ1v) is 5.10. The van der Waals surface area contributed by atoms with Gasteiger partial charge in [-0.15, -0.1) is 0 Å². The van der Waals surface area contributed by atoms with Gasteiger partial charge in [-0.25, -0.2) is 4.79 Å². The van der Waals surface area contributed by atoms with Crippen LogP contribution in [0, 0.1) is 0 Å². The van der Waals surface area contributed by atoms with Crippen LogP contribution in [0.15, 0.2) is 5.11 Å². The summed E-state index contributed by atoms with van der Waals surface area (Å²) in [6, 6.07) is -1.72. The second-order valence-corrected chi connectivity index (χ2v) is 3.72. The van der Waals surface area contributed by atoms with Crippen molar-refractivity contribution in [2.24, 2.45) is 10.8 Å². The monoisotopic (exact) mass is 242 g/mol. The van der Waals surface area contributed by atoms with E-state index < -0.39 is 18.0 Å². The first-order valence-electron chi connectivity index (χ1n) is 5.10. The van der Waals surface area contributed by atoms with Crippen molar-refractivity contribution in [3.8, 4) is 0 Å². The average molecular weight is 242 g/mol. The number of rotatable bonds is 4. The number of urea groups is 1. The van der Waals surface area contributed by atoms with E-state index in [1.807, 2.05) is 0 Å². The number of carbonyl (C=O) groups is 2. The molecule has 9 nitrogen and oxygen atoms in total. The molecule has 0 bridgehead atoms. The molecule has 2 amide bonds. The van der Waals surface area contributed by atoms with E-state index >= 15 is 0 Å². The topological polar surface area (TPSA) is 144 Å². The molecule has 1 saturated heterocycles. The number of carboxylic acids is 1. The number of carboxylic acid groups (broad SMARTS) is 1. The van der Waals surface area contributed by atoms with Crippen molar-refractivity contribution in [1.82, 2.24) is 10.2 Å². The standard InChI is InChI=1S/C8H14N6O3/c9-6(7(15)16)3-11-8(17)14-2-1-5(4-14)12-13-10/h5-6H,1-4,9H2,(H,11,17)(H,15,16)/t5?,6-/m0/s1. The fraction of sp³-hybridized carbons (Fsp3) is 0.750. The average Bonchev–Trinajstić information content (AvgIpc) is 2.74. The first kappa shape index (κ1) is 13.1. The molecule has 1 rings (SSSR count).